The topological polar surface area (TPSA) is 37.8 Å². The molecule has 0 spiro atoms. The molecule has 0 radical (unpaired) electrons. The van der Waals surface area contributed by atoms with E-state index in [0.717, 1.165) is 12.3 Å². The number of aromatic nitrogens is 2. The van der Waals surface area contributed by atoms with Crippen molar-refractivity contribution in [1.29, 1.82) is 0 Å². The fourth-order valence-corrected chi connectivity index (χ4v) is 1.35. The molecule has 0 saturated heterocycles. The number of rotatable bonds is 5. The van der Waals surface area contributed by atoms with Crippen LogP contribution < -0.4 is 5.32 Å². The molecule has 0 saturated carbocycles. The molecule has 1 heterocycles. The van der Waals surface area contributed by atoms with E-state index in [1.807, 2.05) is 13.2 Å². The van der Waals surface area contributed by atoms with Gasteiger partial charge in [-0.15, -0.1) is 0 Å². The van der Waals surface area contributed by atoms with Gasteiger partial charge in [0.15, 0.2) is 11.6 Å². The third kappa shape index (κ3) is 2.83. The van der Waals surface area contributed by atoms with E-state index < -0.39 is 0 Å². The summed E-state index contributed by atoms with van der Waals surface area (Å²) >= 11 is 1.71. The Labute approximate surface area is 87.5 Å². The lowest BCUT2D eigenvalue weighted by Crippen LogP contribution is -2.09. The standard InChI is InChI=1S/C9H14FN3S/c1-3-7-8(10)9(13-6-12-7)11-4-5-14-2/h6H,3-5H2,1-2H3,(H,11,12,13). The van der Waals surface area contributed by atoms with E-state index in [2.05, 4.69) is 15.3 Å². The zero-order chi connectivity index (χ0) is 10.4. The number of thioether (sulfide) groups is 1. The minimum Gasteiger partial charge on any atom is -0.367 e. The van der Waals surface area contributed by atoms with Crippen molar-refractivity contribution < 1.29 is 4.39 Å². The third-order valence-electron chi connectivity index (χ3n) is 1.80. The number of hydrogen-bond donors (Lipinski definition) is 1. The van der Waals surface area contributed by atoms with Crippen LogP contribution in [0.4, 0.5) is 10.2 Å². The summed E-state index contributed by atoms with van der Waals surface area (Å²) in [5, 5.41) is 2.94. The van der Waals surface area contributed by atoms with Gasteiger partial charge in [0.25, 0.3) is 0 Å². The molecule has 0 aliphatic carbocycles. The maximum absolute atomic E-state index is 13.5. The first-order valence-electron chi connectivity index (χ1n) is 4.51. The van der Waals surface area contributed by atoms with E-state index >= 15 is 0 Å². The Morgan fingerprint density at radius 3 is 2.93 bits per heavy atom. The summed E-state index contributed by atoms with van der Waals surface area (Å²) < 4.78 is 13.5. The molecule has 0 bridgehead atoms. The van der Waals surface area contributed by atoms with Gasteiger partial charge in [0.2, 0.25) is 0 Å². The highest BCUT2D eigenvalue weighted by Crippen LogP contribution is 2.12. The van der Waals surface area contributed by atoms with E-state index in [-0.39, 0.29) is 5.82 Å². The maximum Gasteiger partial charge on any atom is 0.186 e. The van der Waals surface area contributed by atoms with Crippen LogP contribution in [0.15, 0.2) is 6.33 Å². The first-order chi connectivity index (χ1) is 6.79. The Hall–Kier alpha value is -0.840. The summed E-state index contributed by atoms with van der Waals surface area (Å²) in [5.41, 5.74) is 0.464. The summed E-state index contributed by atoms with van der Waals surface area (Å²) in [7, 11) is 0. The predicted molar refractivity (Wildman–Crippen MR) is 58.2 cm³/mol. The van der Waals surface area contributed by atoms with Gasteiger partial charge < -0.3 is 5.32 Å². The van der Waals surface area contributed by atoms with Gasteiger partial charge in [-0.1, -0.05) is 6.92 Å². The fourth-order valence-electron chi connectivity index (χ4n) is 1.05. The lowest BCUT2D eigenvalue weighted by atomic mass is 10.3. The highest BCUT2D eigenvalue weighted by Gasteiger charge is 2.08. The normalized spacial score (nSPS) is 10.2. The highest BCUT2D eigenvalue weighted by molar-refractivity contribution is 7.98. The van der Waals surface area contributed by atoms with Gasteiger partial charge in [-0.2, -0.15) is 11.8 Å². The zero-order valence-corrected chi connectivity index (χ0v) is 9.20. The quantitative estimate of drug-likeness (QED) is 0.762. The third-order valence-corrected chi connectivity index (χ3v) is 2.41. The van der Waals surface area contributed by atoms with Crippen molar-refractivity contribution in [3.05, 3.63) is 17.8 Å². The molecule has 3 nitrogen and oxygen atoms in total. The van der Waals surface area contributed by atoms with E-state index in [1.165, 1.54) is 6.33 Å². The first-order valence-corrected chi connectivity index (χ1v) is 5.91. The minimum absolute atomic E-state index is 0.311. The summed E-state index contributed by atoms with van der Waals surface area (Å²) in [6, 6.07) is 0. The minimum atomic E-state index is -0.323. The average Bonchev–Trinajstić information content (AvgIpc) is 2.21. The predicted octanol–water partition coefficient (Wildman–Crippen LogP) is 1.95. The van der Waals surface area contributed by atoms with Crippen LogP contribution in [0.1, 0.15) is 12.6 Å². The van der Waals surface area contributed by atoms with E-state index in [0.29, 0.717) is 17.9 Å². The van der Waals surface area contributed by atoms with Crippen LogP contribution in [0.5, 0.6) is 0 Å². The van der Waals surface area contributed by atoms with Crippen molar-refractivity contribution in [3.8, 4) is 0 Å². The average molecular weight is 215 g/mol. The van der Waals surface area contributed by atoms with Crippen LogP contribution in [-0.4, -0.2) is 28.5 Å². The van der Waals surface area contributed by atoms with E-state index in [4.69, 9.17) is 0 Å². The second-order valence-electron chi connectivity index (χ2n) is 2.76. The molecule has 1 aromatic rings. The molecule has 0 atom stereocenters. The van der Waals surface area contributed by atoms with Crippen molar-refractivity contribution in [3.63, 3.8) is 0 Å². The molecular weight excluding hydrogens is 201 g/mol. The Bertz CT molecular complexity index is 293. The van der Waals surface area contributed by atoms with E-state index in [9.17, 15) is 4.39 Å². The number of nitrogens with one attached hydrogen (secondary N) is 1. The maximum atomic E-state index is 13.5. The molecule has 78 valence electrons. The van der Waals surface area contributed by atoms with Crippen molar-refractivity contribution in [2.24, 2.45) is 0 Å². The number of aryl methyl sites for hydroxylation is 1. The van der Waals surface area contributed by atoms with E-state index in [1.54, 1.807) is 11.8 Å². The van der Waals surface area contributed by atoms with Gasteiger partial charge in [0.05, 0.1) is 5.69 Å². The van der Waals surface area contributed by atoms with Crippen LogP contribution in [0, 0.1) is 5.82 Å². The van der Waals surface area contributed by atoms with Crippen LogP contribution >= 0.6 is 11.8 Å². The molecule has 0 aliphatic heterocycles. The fraction of sp³-hybridized carbons (Fsp3) is 0.556. The lowest BCUT2D eigenvalue weighted by molar-refractivity contribution is 0.597. The molecule has 1 aromatic heterocycles. The smallest absolute Gasteiger partial charge is 0.186 e. The van der Waals surface area contributed by atoms with Crippen LogP contribution in [0.25, 0.3) is 0 Å². The van der Waals surface area contributed by atoms with Crippen LogP contribution in [0.3, 0.4) is 0 Å². The van der Waals surface area contributed by atoms with Crippen molar-refractivity contribution in [1.82, 2.24) is 9.97 Å². The Kier molecular flexibility index (Phi) is 4.65. The SMILES string of the molecule is CCc1ncnc(NCCSC)c1F. The van der Waals surface area contributed by atoms with Gasteiger partial charge in [-0.05, 0) is 12.7 Å². The van der Waals surface area contributed by atoms with Gasteiger partial charge in [0, 0.05) is 12.3 Å². The largest absolute Gasteiger partial charge is 0.367 e. The second-order valence-corrected chi connectivity index (χ2v) is 3.74. The van der Waals surface area contributed by atoms with Gasteiger partial charge in [0.1, 0.15) is 6.33 Å². The molecule has 14 heavy (non-hydrogen) atoms. The van der Waals surface area contributed by atoms with Crippen LogP contribution in [0.2, 0.25) is 0 Å². The Morgan fingerprint density at radius 1 is 1.50 bits per heavy atom. The summed E-state index contributed by atoms with van der Waals surface area (Å²) in [6.07, 6.45) is 3.99. The Morgan fingerprint density at radius 2 is 2.29 bits per heavy atom. The molecule has 1 N–H and O–H groups in total. The second kappa shape index (κ2) is 5.80. The van der Waals surface area contributed by atoms with Gasteiger partial charge in [-0.3, -0.25) is 0 Å². The number of nitrogens with zero attached hydrogens (tertiary/aromatic N) is 2. The molecule has 0 unspecified atom stereocenters. The molecular formula is C9H14FN3S. The zero-order valence-electron chi connectivity index (χ0n) is 8.38. The molecule has 5 heteroatoms. The highest BCUT2D eigenvalue weighted by atomic mass is 32.2. The van der Waals surface area contributed by atoms with Crippen LogP contribution in [-0.2, 0) is 6.42 Å². The summed E-state index contributed by atoms with van der Waals surface area (Å²) in [5.74, 6) is 0.923. The Balaban J connectivity index is 2.66. The van der Waals surface area contributed by atoms with Gasteiger partial charge >= 0.3 is 0 Å². The molecule has 1 rings (SSSR count). The number of hydrogen-bond acceptors (Lipinski definition) is 4. The monoisotopic (exact) mass is 215 g/mol. The van der Waals surface area contributed by atoms with Gasteiger partial charge in [-0.25, -0.2) is 14.4 Å². The molecule has 0 aromatic carbocycles. The lowest BCUT2D eigenvalue weighted by Gasteiger charge is -2.06. The molecule has 0 aliphatic rings. The molecule has 0 fully saturated rings. The summed E-state index contributed by atoms with van der Waals surface area (Å²) in [4.78, 5) is 7.71. The first kappa shape index (κ1) is 11.2. The number of anilines is 1. The van der Waals surface area contributed by atoms with Crippen molar-refractivity contribution >= 4 is 17.6 Å². The van der Waals surface area contributed by atoms with Crippen molar-refractivity contribution in [2.45, 2.75) is 13.3 Å². The van der Waals surface area contributed by atoms with Crippen molar-refractivity contribution in [2.75, 3.05) is 23.9 Å². The molecule has 0 amide bonds. The summed E-state index contributed by atoms with van der Waals surface area (Å²) in [6.45, 7) is 2.59. The number of halogens is 1.